The first-order valence-corrected chi connectivity index (χ1v) is 9.55. The first-order chi connectivity index (χ1) is 12.5. The number of aromatic nitrogens is 2. The molecular weight excluding hydrogens is 352 g/mol. The third-order valence-corrected chi connectivity index (χ3v) is 4.48. The van der Waals surface area contributed by atoms with Gasteiger partial charge in [-0.05, 0) is 35.2 Å². The minimum atomic E-state index is -0.558. The predicted molar refractivity (Wildman–Crippen MR) is 107 cm³/mol. The number of nitrogens with one attached hydrogen (secondary N) is 1. The minimum absolute atomic E-state index is 0.00404. The summed E-state index contributed by atoms with van der Waals surface area (Å²) in [5.74, 6) is -0.352. The van der Waals surface area contributed by atoms with Crippen LogP contribution in [0.3, 0.4) is 0 Å². The third-order valence-electron chi connectivity index (χ3n) is 3.78. The van der Waals surface area contributed by atoms with Crippen LogP contribution in [-0.2, 0) is 17.9 Å². The number of thiophene rings is 1. The highest BCUT2D eigenvalue weighted by atomic mass is 32.1. The molecular formula is C18H24N4O3S. The highest BCUT2D eigenvalue weighted by Crippen LogP contribution is 2.13. The molecule has 2 heterocycles. The zero-order valence-electron chi connectivity index (χ0n) is 15.0. The van der Waals surface area contributed by atoms with Crippen molar-refractivity contribution >= 4 is 34.8 Å². The van der Waals surface area contributed by atoms with Gasteiger partial charge >= 0.3 is 5.69 Å². The Morgan fingerprint density at radius 2 is 1.92 bits per heavy atom. The van der Waals surface area contributed by atoms with Gasteiger partial charge in [-0.1, -0.05) is 26.0 Å². The Hall–Kier alpha value is -2.61. The van der Waals surface area contributed by atoms with Crippen molar-refractivity contribution in [2.24, 2.45) is 0 Å². The van der Waals surface area contributed by atoms with E-state index in [9.17, 15) is 14.4 Å². The van der Waals surface area contributed by atoms with Gasteiger partial charge in [-0.3, -0.25) is 18.7 Å². The van der Waals surface area contributed by atoms with Crippen molar-refractivity contribution in [1.82, 2.24) is 9.13 Å². The summed E-state index contributed by atoms with van der Waals surface area (Å²) in [5.41, 5.74) is 6.00. The molecule has 26 heavy (non-hydrogen) atoms. The maximum atomic E-state index is 12.6. The van der Waals surface area contributed by atoms with Crippen molar-refractivity contribution in [1.29, 1.82) is 0 Å². The van der Waals surface area contributed by atoms with Crippen molar-refractivity contribution in [2.75, 3.05) is 11.1 Å². The van der Waals surface area contributed by atoms with Gasteiger partial charge < -0.3 is 11.1 Å². The molecule has 3 N–H and O–H groups in total. The van der Waals surface area contributed by atoms with Crippen LogP contribution < -0.4 is 22.3 Å². The predicted octanol–water partition coefficient (Wildman–Crippen LogP) is 2.52. The summed E-state index contributed by atoms with van der Waals surface area (Å²) in [4.78, 5) is 37.3. The molecule has 2 rings (SSSR count). The molecule has 7 nitrogen and oxygen atoms in total. The van der Waals surface area contributed by atoms with E-state index in [1.165, 1.54) is 4.57 Å². The second kappa shape index (κ2) is 9.19. The van der Waals surface area contributed by atoms with E-state index in [-0.39, 0.29) is 30.4 Å². The van der Waals surface area contributed by atoms with Gasteiger partial charge in [0.1, 0.15) is 11.5 Å². The molecule has 0 unspecified atom stereocenters. The topological polar surface area (TPSA) is 99.1 Å². The van der Waals surface area contributed by atoms with E-state index in [0.29, 0.717) is 19.4 Å². The zero-order valence-corrected chi connectivity index (χ0v) is 15.8. The summed E-state index contributed by atoms with van der Waals surface area (Å²) in [7, 11) is 0. The summed E-state index contributed by atoms with van der Waals surface area (Å²) in [5, 5.41) is 6.50. The summed E-state index contributed by atoms with van der Waals surface area (Å²) >= 11 is 1.57. The standard InChI is InChI=1S/C18H24N4O3S/c1-3-9-21-16(19)15(17(24)22(10-4-2)18(21)25)20-14(23)7-5-6-13-8-11-26-12-13/h5-6,8,11-12H,3-4,7,9-10,19H2,1-2H3,(H,20,23)/b6-5+. The van der Waals surface area contributed by atoms with Gasteiger partial charge in [-0.2, -0.15) is 11.3 Å². The smallest absolute Gasteiger partial charge is 0.332 e. The van der Waals surface area contributed by atoms with E-state index in [2.05, 4.69) is 5.32 Å². The number of carbonyl (C=O) groups is 1. The number of amides is 1. The molecule has 0 spiro atoms. The lowest BCUT2D eigenvalue weighted by Gasteiger charge is -2.16. The van der Waals surface area contributed by atoms with E-state index < -0.39 is 11.2 Å². The first kappa shape index (κ1) is 19.7. The van der Waals surface area contributed by atoms with Crippen LogP contribution in [0.2, 0.25) is 0 Å². The largest absolute Gasteiger partial charge is 0.383 e. The Morgan fingerprint density at radius 3 is 2.54 bits per heavy atom. The monoisotopic (exact) mass is 376 g/mol. The molecule has 0 atom stereocenters. The van der Waals surface area contributed by atoms with Crippen molar-refractivity contribution in [3.05, 3.63) is 49.3 Å². The van der Waals surface area contributed by atoms with Gasteiger partial charge in [0.05, 0.1) is 0 Å². The fourth-order valence-electron chi connectivity index (χ4n) is 2.56. The van der Waals surface area contributed by atoms with Gasteiger partial charge in [0.25, 0.3) is 5.56 Å². The van der Waals surface area contributed by atoms with Crippen LogP contribution in [0, 0.1) is 0 Å². The highest BCUT2D eigenvalue weighted by Gasteiger charge is 2.18. The Labute approximate surface area is 155 Å². The molecule has 0 fully saturated rings. The molecule has 2 aromatic rings. The summed E-state index contributed by atoms with van der Waals surface area (Å²) in [6, 6.07) is 1.95. The van der Waals surface area contributed by atoms with Gasteiger partial charge in [0.2, 0.25) is 5.91 Å². The molecule has 0 aromatic carbocycles. The number of nitrogens with zero attached hydrogens (tertiary/aromatic N) is 2. The Balaban J connectivity index is 2.28. The second-order valence-electron chi connectivity index (χ2n) is 5.86. The summed E-state index contributed by atoms with van der Waals surface area (Å²) in [6.07, 6.45) is 4.98. The minimum Gasteiger partial charge on any atom is -0.383 e. The average Bonchev–Trinajstić information content (AvgIpc) is 3.13. The molecule has 0 saturated heterocycles. The van der Waals surface area contributed by atoms with Crippen LogP contribution in [0.15, 0.2) is 32.5 Å². The number of hydrogen-bond donors (Lipinski definition) is 2. The number of nitrogen functional groups attached to an aromatic ring is 1. The van der Waals surface area contributed by atoms with E-state index in [1.807, 2.05) is 36.7 Å². The molecule has 0 radical (unpaired) electrons. The van der Waals surface area contributed by atoms with Gasteiger partial charge in [0.15, 0.2) is 0 Å². The van der Waals surface area contributed by atoms with E-state index in [4.69, 9.17) is 5.73 Å². The lowest BCUT2D eigenvalue weighted by Crippen LogP contribution is -2.42. The molecule has 2 aromatic heterocycles. The Bertz CT molecular complexity index is 894. The van der Waals surface area contributed by atoms with Crippen molar-refractivity contribution in [3.8, 4) is 0 Å². The number of hydrogen-bond acceptors (Lipinski definition) is 5. The SMILES string of the molecule is CCCn1c(N)c(NC(=O)C/C=C/c2ccsc2)c(=O)n(CCC)c1=O. The lowest BCUT2D eigenvalue weighted by atomic mass is 10.2. The van der Waals surface area contributed by atoms with Gasteiger partial charge in [-0.15, -0.1) is 0 Å². The van der Waals surface area contributed by atoms with Crippen LogP contribution in [0.25, 0.3) is 6.08 Å². The Morgan fingerprint density at radius 1 is 1.23 bits per heavy atom. The molecule has 140 valence electrons. The van der Waals surface area contributed by atoms with Crippen LogP contribution in [-0.4, -0.2) is 15.0 Å². The second-order valence-corrected chi connectivity index (χ2v) is 6.64. The normalized spacial score (nSPS) is 11.2. The fourth-order valence-corrected chi connectivity index (χ4v) is 3.18. The van der Waals surface area contributed by atoms with Crippen LogP contribution in [0.1, 0.15) is 38.7 Å². The lowest BCUT2D eigenvalue weighted by molar-refractivity contribution is -0.115. The zero-order chi connectivity index (χ0) is 19.1. The molecule has 0 aliphatic rings. The molecule has 0 saturated carbocycles. The van der Waals surface area contributed by atoms with Gasteiger partial charge in [0, 0.05) is 19.5 Å². The summed E-state index contributed by atoms with van der Waals surface area (Å²) in [6.45, 7) is 4.45. The van der Waals surface area contributed by atoms with Gasteiger partial charge in [-0.25, -0.2) is 4.79 Å². The first-order valence-electron chi connectivity index (χ1n) is 8.61. The number of nitrogens with two attached hydrogens (primary N) is 1. The Kier molecular flexibility index (Phi) is 6.97. The maximum Gasteiger partial charge on any atom is 0.332 e. The number of carbonyl (C=O) groups excluding carboxylic acids is 1. The quantitative estimate of drug-likeness (QED) is 0.739. The van der Waals surface area contributed by atoms with E-state index in [0.717, 1.165) is 10.1 Å². The van der Waals surface area contributed by atoms with Crippen LogP contribution >= 0.6 is 11.3 Å². The molecule has 0 aliphatic carbocycles. The van der Waals surface area contributed by atoms with Crippen LogP contribution in [0.4, 0.5) is 11.5 Å². The molecule has 1 amide bonds. The van der Waals surface area contributed by atoms with E-state index >= 15 is 0 Å². The third kappa shape index (κ3) is 4.51. The maximum absolute atomic E-state index is 12.6. The average molecular weight is 376 g/mol. The van der Waals surface area contributed by atoms with Crippen molar-refractivity contribution < 1.29 is 4.79 Å². The summed E-state index contributed by atoms with van der Waals surface area (Å²) < 4.78 is 2.47. The van der Waals surface area contributed by atoms with Crippen molar-refractivity contribution in [3.63, 3.8) is 0 Å². The van der Waals surface area contributed by atoms with E-state index in [1.54, 1.807) is 17.4 Å². The molecule has 0 aliphatic heterocycles. The highest BCUT2D eigenvalue weighted by molar-refractivity contribution is 7.08. The number of rotatable bonds is 8. The van der Waals surface area contributed by atoms with Crippen LogP contribution in [0.5, 0.6) is 0 Å². The molecule has 0 bridgehead atoms. The van der Waals surface area contributed by atoms with Crippen molar-refractivity contribution in [2.45, 2.75) is 46.2 Å². The number of anilines is 2. The fraction of sp³-hybridized carbons (Fsp3) is 0.389. The molecule has 8 heteroatoms.